The number of para-hydroxylation sites is 1. The second-order valence-electron chi connectivity index (χ2n) is 6.09. The minimum atomic E-state index is -0.434. The highest BCUT2D eigenvalue weighted by atomic mass is 127. The molecule has 0 saturated carbocycles. The zero-order chi connectivity index (χ0) is 19.1. The molecular formula is C21H23F2IN4. The van der Waals surface area contributed by atoms with E-state index in [0.717, 1.165) is 28.6 Å². The van der Waals surface area contributed by atoms with Gasteiger partial charge in [-0.2, -0.15) is 0 Å². The van der Waals surface area contributed by atoms with E-state index in [1.807, 2.05) is 37.3 Å². The van der Waals surface area contributed by atoms with Gasteiger partial charge < -0.3 is 10.6 Å². The van der Waals surface area contributed by atoms with E-state index in [2.05, 4.69) is 20.6 Å². The van der Waals surface area contributed by atoms with Crippen LogP contribution in [0.2, 0.25) is 0 Å². The van der Waals surface area contributed by atoms with Crippen molar-refractivity contribution in [2.24, 2.45) is 4.99 Å². The minimum absolute atomic E-state index is 0. The molecule has 3 aromatic rings. The number of fused-ring (bicyclic) bond motifs is 1. The molecule has 1 heterocycles. The molecule has 0 aliphatic heterocycles. The van der Waals surface area contributed by atoms with Gasteiger partial charge in [0.05, 0.1) is 12.1 Å². The van der Waals surface area contributed by atoms with Gasteiger partial charge in [-0.3, -0.25) is 4.98 Å². The molecule has 2 N–H and O–H groups in total. The standard InChI is InChI=1S/C21H22F2N4.HI/c1-2-24-21(26-12-9-15-13-17(22)7-8-19(15)23)27-14-16-10-11-25-20-6-4-3-5-18(16)20;/h3-8,10-11,13H,2,9,12,14H2,1H3,(H2,24,26,27);1H. The summed E-state index contributed by atoms with van der Waals surface area (Å²) in [4.78, 5) is 8.96. The third-order valence-electron chi connectivity index (χ3n) is 4.19. The molecule has 3 rings (SSSR count). The fourth-order valence-corrected chi connectivity index (χ4v) is 2.85. The number of guanidine groups is 1. The lowest BCUT2D eigenvalue weighted by atomic mass is 10.1. The van der Waals surface area contributed by atoms with Crippen molar-refractivity contribution in [1.82, 2.24) is 15.6 Å². The van der Waals surface area contributed by atoms with Crippen LogP contribution in [-0.2, 0) is 13.0 Å². The van der Waals surface area contributed by atoms with Gasteiger partial charge in [0.15, 0.2) is 5.96 Å². The number of aliphatic imine (C=N–C) groups is 1. The molecule has 0 amide bonds. The first-order valence-corrected chi connectivity index (χ1v) is 8.96. The van der Waals surface area contributed by atoms with E-state index < -0.39 is 11.6 Å². The molecule has 0 radical (unpaired) electrons. The second-order valence-corrected chi connectivity index (χ2v) is 6.09. The first-order valence-electron chi connectivity index (χ1n) is 8.96. The smallest absolute Gasteiger partial charge is 0.191 e. The molecule has 0 aliphatic carbocycles. The molecule has 0 saturated heterocycles. The van der Waals surface area contributed by atoms with Crippen molar-refractivity contribution in [3.8, 4) is 0 Å². The molecule has 0 spiro atoms. The zero-order valence-corrected chi connectivity index (χ0v) is 17.9. The average Bonchev–Trinajstić information content (AvgIpc) is 2.68. The maximum atomic E-state index is 13.7. The molecule has 0 atom stereocenters. The normalized spacial score (nSPS) is 11.2. The van der Waals surface area contributed by atoms with Gasteiger partial charge in [-0.25, -0.2) is 13.8 Å². The number of nitrogens with one attached hydrogen (secondary N) is 2. The van der Waals surface area contributed by atoms with Crippen LogP contribution in [0, 0.1) is 11.6 Å². The number of rotatable bonds is 6. The van der Waals surface area contributed by atoms with Crippen LogP contribution in [-0.4, -0.2) is 24.0 Å². The molecule has 0 fully saturated rings. The van der Waals surface area contributed by atoms with Crippen LogP contribution in [0.5, 0.6) is 0 Å². The molecular weight excluding hydrogens is 473 g/mol. The molecule has 28 heavy (non-hydrogen) atoms. The van der Waals surface area contributed by atoms with Crippen molar-refractivity contribution in [2.75, 3.05) is 13.1 Å². The molecule has 4 nitrogen and oxygen atoms in total. The first kappa shape index (κ1) is 22.0. The summed E-state index contributed by atoms with van der Waals surface area (Å²) in [6.07, 6.45) is 2.15. The Bertz CT molecular complexity index is 941. The SMILES string of the molecule is CCNC(=NCc1ccnc2ccccc12)NCCc1cc(F)ccc1F.I. The fraction of sp³-hybridized carbons (Fsp3) is 0.238. The Morgan fingerprint density at radius 3 is 2.68 bits per heavy atom. The number of nitrogens with zero attached hydrogens (tertiary/aromatic N) is 2. The van der Waals surface area contributed by atoms with Gasteiger partial charge in [-0.05, 0) is 54.8 Å². The maximum absolute atomic E-state index is 13.7. The van der Waals surface area contributed by atoms with Crippen LogP contribution in [0.4, 0.5) is 8.78 Å². The molecule has 148 valence electrons. The van der Waals surface area contributed by atoms with Crippen LogP contribution in [0.25, 0.3) is 10.9 Å². The van der Waals surface area contributed by atoms with Crippen LogP contribution < -0.4 is 10.6 Å². The minimum Gasteiger partial charge on any atom is -0.357 e. The Morgan fingerprint density at radius 2 is 1.86 bits per heavy atom. The highest BCUT2D eigenvalue weighted by Crippen LogP contribution is 2.16. The van der Waals surface area contributed by atoms with Gasteiger partial charge >= 0.3 is 0 Å². The summed E-state index contributed by atoms with van der Waals surface area (Å²) in [6.45, 7) is 3.62. The van der Waals surface area contributed by atoms with Crippen molar-refractivity contribution in [3.05, 3.63) is 77.5 Å². The summed E-state index contributed by atoms with van der Waals surface area (Å²) in [5.74, 6) is -0.199. The van der Waals surface area contributed by atoms with E-state index in [1.165, 1.54) is 6.07 Å². The average molecular weight is 496 g/mol. The van der Waals surface area contributed by atoms with E-state index in [-0.39, 0.29) is 24.0 Å². The van der Waals surface area contributed by atoms with E-state index >= 15 is 0 Å². The second kappa shape index (κ2) is 10.9. The predicted molar refractivity (Wildman–Crippen MR) is 120 cm³/mol. The van der Waals surface area contributed by atoms with Gasteiger partial charge in [0.25, 0.3) is 0 Å². The Kier molecular flexibility index (Phi) is 8.56. The Morgan fingerprint density at radius 1 is 1.04 bits per heavy atom. The molecule has 2 aromatic carbocycles. The Hall–Kier alpha value is -2.29. The number of halogens is 3. The summed E-state index contributed by atoms with van der Waals surface area (Å²) in [7, 11) is 0. The highest BCUT2D eigenvalue weighted by Gasteiger charge is 2.05. The number of pyridine rings is 1. The van der Waals surface area contributed by atoms with Crippen LogP contribution in [0.1, 0.15) is 18.1 Å². The number of aromatic nitrogens is 1. The Balaban J connectivity index is 0.00000280. The summed E-state index contributed by atoms with van der Waals surface area (Å²) in [5, 5.41) is 7.41. The summed E-state index contributed by atoms with van der Waals surface area (Å²) >= 11 is 0. The molecule has 0 unspecified atom stereocenters. The number of benzene rings is 2. The first-order chi connectivity index (χ1) is 13.2. The topological polar surface area (TPSA) is 49.3 Å². The third kappa shape index (κ3) is 5.85. The number of hydrogen-bond acceptors (Lipinski definition) is 2. The Labute approximate surface area is 180 Å². The molecule has 0 aliphatic rings. The third-order valence-corrected chi connectivity index (χ3v) is 4.19. The zero-order valence-electron chi connectivity index (χ0n) is 15.6. The lowest BCUT2D eigenvalue weighted by Crippen LogP contribution is -2.38. The van der Waals surface area contributed by atoms with Crippen LogP contribution in [0.15, 0.2) is 59.7 Å². The molecule has 0 bridgehead atoms. The molecule has 1 aromatic heterocycles. The van der Waals surface area contributed by atoms with Crippen molar-refractivity contribution in [3.63, 3.8) is 0 Å². The van der Waals surface area contributed by atoms with Gasteiger partial charge in [0, 0.05) is 24.7 Å². The van der Waals surface area contributed by atoms with Gasteiger partial charge in [-0.15, -0.1) is 24.0 Å². The predicted octanol–water partition coefficient (Wildman–Crippen LogP) is 4.43. The van der Waals surface area contributed by atoms with Gasteiger partial charge in [0.1, 0.15) is 11.6 Å². The van der Waals surface area contributed by atoms with Crippen LogP contribution in [0.3, 0.4) is 0 Å². The summed E-state index contributed by atoms with van der Waals surface area (Å²) < 4.78 is 27.0. The van der Waals surface area contributed by atoms with E-state index in [9.17, 15) is 8.78 Å². The monoisotopic (exact) mass is 496 g/mol. The maximum Gasteiger partial charge on any atom is 0.191 e. The largest absolute Gasteiger partial charge is 0.357 e. The van der Waals surface area contributed by atoms with Gasteiger partial charge in [0.2, 0.25) is 0 Å². The van der Waals surface area contributed by atoms with Crippen molar-refractivity contribution in [1.29, 1.82) is 0 Å². The van der Waals surface area contributed by atoms with Crippen molar-refractivity contribution < 1.29 is 8.78 Å². The van der Waals surface area contributed by atoms with Gasteiger partial charge in [-0.1, -0.05) is 18.2 Å². The molecule has 7 heteroatoms. The number of hydrogen-bond donors (Lipinski definition) is 2. The van der Waals surface area contributed by atoms with Crippen molar-refractivity contribution >= 4 is 40.8 Å². The summed E-state index contributed by atoms with van der Waals surface area (Å²) in [6, 6.07) is 13.4. The summed E-state index contributed by atoms with van der Waals surface area (Å²) in [5.41, 5.74) is 2.36. The highest BCUT2D eigenvalue weighted by molar-refractivity contribution is 14.0. The quantitative estimate of drug-likeness (QED) is 0.302. The van der Waals surface area contributed by atoms with E-state index in [1.54, 1.807) is 6.20 Å². The van der Waals surface area contributed by atoms with Crippen molar-refractivity contribution in [2.45, 2.75) is 19.9 Å². The lowest BCUT2D eigenvalue weighted by molar-refractivity contribution is 0.583. The fourth-order valence-electron chi connectivity index (χ4n) is 2.85. The van der Waals surface area contributed by atoms with Crippen LogP contribution >= 0.6 is 24.0 Å². The van der Waals surface area contributed by atoms with E-state index in [0.29, 0.717) is 37.6 Å². The van der Waals surface area contributed by atoms with E-state index in [4.69, 9.17) is 0 Å². The lowest BCUT2D eigenvalue weighted by Gasteiger charge is -2.12.